The third-order valence-corrected chi connectivity index (χ3v) is 2.15. The fourth-order valence-electron chi connectivity index (χ4n) is 1.66. The molecule has 0 bridgehead atoms. The lowest BCUT2D eigenvalue weighted by molar-refractivity contribution is 0.102. The number of ether oxygens (including phenoxy) is 1. The van der Waals surface area contributed by atoms with Crippen LogP contribution in [-0.4, -0.2) is 35.6 Å². The summed E-state index contributed by atoms with van der Waals surface area (Å²) >= 11 is 0. The molecule has 48 valence electrons. The molecular formula is C5H13B3O. The van der Waals surface area contributed by atoms with Crippen LogP contribution in [0.15, 0.2) is 0 Å². The van der Waals surface area contributed by atoms with Gasteiger partial charge < -0.3 is 4.74 Å². The second kappa shape index (κ2) is 2.83. The minimum atomic E-state index is 0.505. The van der Waals surface area contributed by atoms with Crippen LogP contribution in [-0.2, 0) is 4.74 Å². The maximum atomic E-state index is 5.62. The van der Waals surface area contributed by atoms with Crippen LogP contribution in [0.25, 0.3) is 0 Å². The summed E-state index contributed by atoms with van der Waals surface area (Å²) in [4.78, 5) is 0. The first-order valence-electron chi connectivity index (χ1n) is 3.89. The Bertz CT molecular complexity index is 98.2. The molecule has 9 heavy (non-hydrogen) atoms. The predicted octanol–water partition coefficient (Wildman–Crippen LogP) is -1.79. The Balaban J connectivity index is 2.38. The molecule has 0 spiro atoms. The SMILES string of the molecule is BCC1O[C@@H](B)C[C@@H]1B. The van der Waals surface area contributed by atoms with Crippen LogP contribution in [0.4, 0.5) is 0 Å². The molecule has 1 heterocycles. The first-order valence-corrected chi connectivity index (χ1v) is 3.89. The summed E-state index contributed by atoms with van der Waals surface area (Å²) in [6, 6.07) is 0.505. The van der Waals surface area contributed by atoms with Crippen LogP contribution < -0.4 is 0 Å². The van der Waals surface area contributed by atoms with Gasteiger partial charge in [-0.25, -0.2) is 0 Å². The van der Waals surface area contributed by atoms with Crippen molar-refractivity contribution in [3.63, 3.8) is 0 Å². The predicted molar refractivity (Wildman–Crippen MR) is 47.5 cm³/mol. The molecular weight excluding hydrogens is 108 g/mol. The molecule has 0 aliphatic carbocycles. The Hall–Kier alpha value is 0.155. The van der Waals surface area contributed by atoms with Crippen LogP contribution in [0, 0.1) is 0 Å². The van der Waals surface area contributed by atoms with Crippen molar-refractivity contribution in [2.24, 2.45) is 0 Å². The van der Waals surface area contributed by atoms with Crippen molar-refractivity contribution in [1.82, 2.24) is 0 Å². The summed E-state index contributed by atoms with van der Waals surface area (Å²) in [6.45, 7) is 0. The zero-order chi connectivity index (χ0) is 6.85. The van der Waals surface area contributed by atoms with Gasteiger partial charge in [0.1, 0.15) is 23.5 Å². The lowest BCUT2D eigenvalue weighted by Gasteiger charge is -2.10. The molecule has 0 N–H and O–H groups in total. The zero-order valence-corrected chi connectivity index (χ0v) is 6.55. The number of hydrogen-bond donors (Lipinski definition) is 0. The third-order valence-electron chi connectivity index (χ3n) is 2.15. The van der Waals surface area contributed by atoms with E-state index in [1.165, 1.54) is 12.7 Å². The van der Waals surface area contributed by atoms with Crippen molar-refractivity contribution in [1.29, 1.82) is 0 Å². The minimum Gasteiger partial charge on any atom is -0.385 e. The van der Waals surface area contributed by atoms with Gasteiger partial charge in [-0.2, -0.15) is 0 Å². The Morgan fingerprint density at radius 1 is 1.44 bits per heavy atom. The molecule has 1 saturated heterocycles. The van der Waals surface area contributed by atoms with Gasteiger partial charge in [0.15, 0.2) is 0 Å². The van der Waals surface area contributed by atoms with E-state index in [1.807, 2.05) is 0 Å². The maximum Gasteiger partial charge on any atom is 0.139 e. The van der Waals surface area contributed by atoms with Gasteiger partial charge in [-0.05, 0) is 12.2 Å². The number of rotatable bonds is 1. The van der Waals surface area contributed by atoms with Crippen molar-refractivity contribution in [2.45, 2.75) is 30.7 Å². The summed E-state index contributed by atoms with van der Waals surface area (Å²) in [5, 5.41) is 0. The van der Waals surface area contributed by atoms with Crippen molar-refractivity contribution < 1.29 is 4.74 Å². The van der Waals surface area contributed by atoms with Crippen molar-refractivity contribution in [2.75, 3.05) is 0 Å². The van der Waals surface area contributed by atoms with E-state index in [4.69, 9.17) is 4.74 Å². The fourth-order valence-corrected chi connectivity index (χ4v) is 1.66. The standard InChI is InChI=1S/C5H13B3O/c6-2-4-3(7)1-5(8)9-4/h3-5H,1-2,6-8H2/t3-,4?,5+/m0/s1. The molecule has 4 heteroatoms. The summed E-state index contributed by atoms with van der Waals surface area (Å²) in [7, 11) is 6.63. The maximum absolute atomic E-state index is 5.62. The lowest BCUT2D eigenvalue weighted by atomic mass is 9.75. The van der Waals surface area contributed by atoms with Gasteiger partial charge in [0, 0.05) is 12.1 Å². The van der Waals surface area contributed by atoms with E-state index in [0.29, 0.717) is 12.1 Å². The van der Waals surface area contributed by atoms with E-state index in [0.717, 1.165) is 5.82 Å². The van der Waals surface area contributed by atoms with E-state index < -0.39 is 0 Å². The molecule has 0 saturated carbocycles. The van der Waals surface area contributed by atoms with Gasteiger partial charge in [-0.3, -0.25) is 0 Å². The average Bonchev–Trinajstić information content (AvgIpc) is 2.10. The molecule has 0 radical (unpaired) electrons. The van der Waals surface area contributed by atoms with E-state index in [2.05, 4.69) is 23.5 Å². The second-order valence-corrected chi connectivity index (χ2v) is 3.11. The van der Waals surface area contributed by atoms with Crippen molar-refractivity contribution >= 4 is 23.5 Å². The highest BCUT2D eigenvalue weighted by atomic mass is 16.5. The summed E-state index contributed by atoms with van der Waals surface area (Å²) in [6.07, 6.45) is 2.96. The van der Waals surface area contributed by atoms with Crippen molar-refractivity contribution in [3.05, 3.63) is 0 Å². The van der Waals surface area contributed by atoms with E-state index in [9.17, 15) is 0 Å². The first-order chi connectivity index (χ1) is 4.24. The summed E-state index contributed by atoms with van der Waals surface area (Å²) in [5.74, 6) is 0.782. The van der Waals surface area contributed by atoms with Crippen LogP contribution in [0.1, 0.15) is 6.42 Å². The molecule has 1 unspecified atom stereocenters. The Kier molecular flexibility index (Phi) is 2.28. The van der Waals surface area contributed by atoms with Crippen LogP contribution in [0.3, 0.4) is 0 Å². The Morgan fingerprint density at radius 3 is 2.33 bits per heavy atom. The molecule has 1 rings (SSSR count). The fraction of sp³-hybridized carbons (Fsp3) is 1.00. The topological polar surface area (TPSA) is 9.23 Å². The summed E-state index contributed by atoms with van der Waals surface area (Å²) in [5.41, 5.74) is 0. The quantitative estimate of drug-likeness (QED) is 0.373. The monoisotopic (exact) mass is 122 g/mol. The summed E-state index contributed by atoms with van der Waals surface area (Å²) < 4.78 is 5.62. The van der Waals surface area contributed by atoms with Gasteiger partial charge in [0.05, 0.1) is 0 Å². The highest BCUT2D eigenvalue weighted by Crippen LogP contribution is 2.28. The van der Waals surface area contributed by atoms with Gasteiger partial charge >= 0.3 is 0 Å². The molecule has 1 aliphatic heterocycles. The van der Waals surface area contributed by atoms with E-state index in [-0.39, 0.29) is 0 Å². The normalized spacial score (nSPS) is 43.3. The second-order valence-electron chi connectivity index (χ2n) is 3.11. The molecule has 0 amide bonds. The third kappa shape index (κ3) is 1.54. The van der Waals surface area contributed by atoms with E-state index >= 15 is 0 Å². The first kappa shape index (κ1) is 7.26. The van der Waals surface area contributed by atoms with Crippen LogP contribution in [0.2, 0.25) is 12.1 Å². The molecule has 1 fully saturated rings. The van der Waals surface area contributed by atoms with Gasteiger partial charge in [0.25, 0.3) is 0 Å². The molecule has 0 aromatic rings. The van der Waals surface area contributed by atoms with E-state index in [1.54, 1.807) is 0 Å². The van der Waals surface area contributed by atoms with Crippen molar-refractivity contribution in [3.8, 4) is 0 Å². The highest BCUT2D eigenvalue weighted by Gasteiger charge is 2.26. The molecule has 0 aromatic carbocycles. The lowest BCUT2D eigenvalue weighted by Crippen LogP contribution is -2.11. The van der Waals surface area contributed by atoms with Crippen LogP contribution >= 0.6 is 0 Å². The Morgan fingerprint density at radius 2 is 2.11 bits per heavy atom. The molecule has 1 nitrogen and oxygen atoms in total. The van der Waals surface area contributed by atoms with Gasteiger partial charge in [-0.15, -0.1) is 0 Å². The zero-order valence-electron chi connectivity index (χ0n) is 6.55. The van der Waals surface area contributed by atoms with Crippen LogP contribution in [0.5, 0.6) is 0 Å². The average molecular weight is 122 g/mol. The number of hydrogen-bond acceptors (Lipinski definition) is 1. The van der Waals surface area contributed by atoms with Gasteiger partial charge in [-0.1, -0.05) is 6.32 Å². The van der Waals surface area contributed by atoms with Gasteiger partial charge in [0.2, 0.25) is 0 Å². The smallest absolute Gasteiger partial charge is 0.139 e. The molecule has 1 aliphatic rings. The molecule has 0 aromatic heterocycles. The Labute approximate surface area is 59.8 Å². The molecule has 3 atom stereocenters. The minimum absolute atomic E-state index is 0.505. The largest absolute Gasteiger partial charge is 0.385 e. The highest BCUT2D eigenvalue weighted by molar-refractivity contribution is 6.16.